The predicted octanol–water partition coefficient (Wildman–Crippen LogP) is 3.89. The van der Waals surface area contributed by atoms with Crippen molar-refractivity contribution in [1.29, 1.82) is 0 Å². The molecule has 126 valence electrons. The Morgan fingerprint density at radius 3 is 2.39 bits per heavy atom. The van der Waals surface area contributed by atoms with Crippen LogP contribution in [0.3, 0.4) is 0 Å². The van der Waals surface area contributed by atoms with Crippen molar-refractivity contribution in [3.8, 4) is 22.8 Å². The van der Waals surface area contributed by atoms with Gasteiger partial charge in [0.2, 0.25) is 0 Å². The molecule has 1 heterocycles. The fourth-order valence-electron chi connectivity index (χ4n) is 2.47. The van der Waals surface area contributed by atoms with Gasteiger partial charge in [-0.2, -0.15) is 0 Å². The van der Waals surface area contributed by atoms with Crippen LogP contribution in [-0.2, 0) is 11.8 Å². The minimum absolute atomic E-state index is 0.0167. The molecule has 1 N–H and O–H groups in total. The van der Waals surface area contributed by atoms with Gasteiger partial charge in [0.05, 0.1) is 24.9 Å². The Morgan fingerprint density at radius 1 is 1.13 bits per heavy atom. The van der Waals surface area contributed by atoms with E-state index in [2.05, 4.69) is 37.5 Å². The Bertz CT molecular complexity index is 660. The molecule has 0 fully saturated rings. The minimum Gasteiger partial charge on any atom is -0.496 e. The molecule has 0 radical (unpaired) electrons. The van der Waals surface area contributed by atoms with Crippen molar-refractivity contribution in [3.63, 3.8) is 0 Å². The van der Waals surface area contributed by atoms with Gasteiger partial charge in [-0.15, -0.1) is 11.3 Å². The molecule has 1 aromatic heterocycles. The molecule has 5 heteroatoms. The maximum Gasteiger partial charge on any atom is 0.128 e. The molecular weight excluding hydrogens is 308 g/mol. The topological polar surface area (TPSA) is 43.4 Å². The Balaban J connectivity index is 2.47. The van der Waals surface area contributed by atoms with Crippen LogP contribution in [0.15, 0.2) is 17.5 Å². The average molecular weight is 334 g/mol. The van der Waals surface area contributed by atoms with E-state index in [1.807, 2.05) is 13.1 Å². The van der Waals surface area contributed by atoms with E-state index in [0.717, 1.165) is 46.3 Å². The second-order valence-electron chi connectivity index (χ2n) is 6.48. The molecule has 0 atom stereocenters. The lowest BCUT2D eigenvalue weighted by Crippen LogP contribution is -2.13. The largest absolute Gasteiger partial charge is 0.496 e. The van der Waals surface area contributed by atoms with Gasteiger partial charge in [-0.1, -0.05) is 20.8 Å². The van der Waals surface area contributed by atoms with E-state index in [4.69, 9.17) is 14.5 Å². The maximum absolute atomic E-state index is 5.62. The molecule has 0 saturated carbocycles. The number of ether oxygens (including phenoxy) is 2. The van der Waals surface area contributed by atoms with Crippen molar-refractivity contribution in [2.45, 2.75) is 32.6 Å². The SMILES string of the molecule is CNCCc1nc(-c2cc(OC)c(C(C)(C)C)cc2OC)cs1. The lowest BCUT2D eigenvalue weighted by atomic mass is 9.85. The van der Waals surface area contributed by atoms with Gasteiger partial charge in [0.25, 0.3) is 0 Å². The Kier molecular flexibility index (Phi) is 5.65. The first-order valence-electron chi connectivity index (χ1n) is 7.76. The number of aromatic nitrogens is 1. The maximum atomic E-state index is 5.62. The number of nitrogens with one attached hydrogen (secondary N) is 1. The minimum atomic E-state index is -0.0167. The molecule has 0 saturated heterocycles. The highest BCUT2D eigenvalue weighted by molar-refractivity contribution is 7.09. The highest BCUT2D eigenvalue weighted by Gasteiger charge is 2.23. The Hall–Kier alpha value is -1.59. The summed E-state index contributed by atoms with van der Waals surface area (Å²) < 4.78 is 11.2. The highest BCUT2D eigenvalue weighted by atomic mass is 32.1. The van der Waals surface area contributed by atoms with Gasteiger partial charge in [0, 0.05) is 29.5 Å². The predicted molar refractivity (Wildman–Crippen MR) is 97.0 cm³/mol. The van der Waals surface area contributed by atoms with Gasteiger partial charge < -0.3 is 14.8 Å². The number of nitrogens with zero attached hydrogens (tertiary/aromatic N) is 1. The average Bonchev–Trinajstić information content (AvgIpc) is 2.99. The monoisotopic (exact) mass is 334 g/mol. The van der Waals surface area contributed by atoms with Crippen molar-refractivity contribution in [2.75, 3.05) is 27.8 Å². The zero-order valence-electron chi connectivity index (χ0n) is 14.8. The molecule has 0 unspecified atom stereocenters. The van der Waals surface area contributed by atoms with E-state index >= 15 is 0 Å². The van der Waals surface area contributed by atoms with E-state index in [1.54, 1.807) is 25.6 Å². The summed E-state index contributed by atoms with van der Waals surface area (Å²) in [6, 6.07) is 4.11. The second-order valence-corrected chi connectivity index (χ2v) is 7.43. The number of methoxy groups -OCH3 is 2. The fourth-order valence-corrected chi connectivity index (χ4v) is 3.26. The molecule has 2 rings (SSSR count). The van der Waals surface area contributed by atoms with E-state index < -0.39 is 0 Å². The summed E-state index contributed by atoms with van der Waals surface area (Å²) in [5.74, 6) is 1.71. The lowest BCUT2D eigenvalue weighted by molar-refractivity contribution is 0.389. The summed E-state index contributed by atoms with van der Waals surface area (Å²) in [6.07, 6.45) is 0.931. The van der Waals surface area contributed by atoms with E-state index in [-0.39, 0.29) is 5.41 Å². The number of rotatable bonds is 6. The Morgan fingerprint density at radius 2 is 1.83 bits per heavy atom. The summed E-state index contributed by atoms with van der Waals surface area (Å²) >= 11 is 1.68. The molecule has 0 aliphatic heterocycles. The van der Waals surface area contributed by atoms with Crippen molar-refractivity contribution in [1.82, 2.24) is 10.3 Å². The number of benzene rings is 1. The molecule has 0 spiro atoms. The molecule has 23 heavy (non-hydrogen) atoms. The smallest absolute Gasteiger partial charge is 0.128 e. The first-order chi connectivity index (χ1) is 10.9. The quantitative estimate of drug-likeness (QED) is 0.870. The second kappa shape index (κ2) is 7.32. The zero-order chi connectivity index (χ0) is 17.0. The molecule has 4 nitrogen and oxygen atoms in total. The van der Waals surface area contributed by atoms with Crippen LogP contribution in [0.4, 0.5) is 0 Å². The standard InChI is InChI=1S/C18H26N2O2S/c1-18(2,3)13-10-15(21-5)12(9-16(13)22-6)14-11-23-17(20-14)7-8-19-4/h9-11,19H,7-8H2,1-6H3. The van der Waals surface area contributed by atoms with Crippen molar-refractivity contribution in [2.24, 2.45) is 0 Å². The highest BCUT2D eigenvalue weighted by Crippen LogP contribution is 2.41. The van der Waals surface area contributed by atoms with E-state index in [0.29, 0.717) is 0 Å². The van der Waals surface area contributed by atoms with Gasteiger partial charge in [-0.25, -0.2) is 4.98 Å². The summed E-state index contributed by atoms with van der Waals surface area (Å²) in [4.78, 5) is 4.74. The molecule has 2 aromatic rings. The van der Waals surface area contributed by atoms with Gasteiger partial charge in [0.1, 0.15) is 11.5 Å². The van der Waals surface area contributed by atoms with Crippen LogP contribution in [0.5, 0.6) is 11.5 Å². The number of likely N-dealkylation sites (N-methyl/N-ethyl adjacent to an activating group) is 1. The van der Waals surface area contributed by atoms with Gasteiger partial charge >= 0.3 is 0 Å². The van der Waals surface area contributed by atoms with Gasteiger partial charge in [-0.05, 0) is 24.6 Å². The van der Waals surface area contributed by atoms with Crippen LogP contribution in [0.25, 0.3) is 11.3 Å². The number of hydrogen-bond donors (Lipinski definition) is 1. The third-order valence-corrected chi connectivity index (χ3v) is 4.65. The summed E-state index contributed by atoms with van der Waals surface area (Å²) in [6.45, 7) is 7.43. The summed E-state index contributed by atoms with van der Waals surface area (Å²) in [5.41, 5.74) is 3.03. The molecule has 1 aromatic carbocycles. The van der Waals surface area contributed by atoms with Crippen LogP contribution in [0.2, 0.25) is 0 Å². The normalized spacial score (nSPS) is 11.6. The first-order valence-corrected chi connectivity index (χ1v) is 8.64. The van der Waals surface area contributed by atoms with Crippen LogP contribution in [0, 0.1) is 0 Å². The third kappa shape index (κ3) is 4.03. The van der Waals surface area contributed by atoms with Gasteiger partial charge in [-0.3, -0.25) is 0 Å². The van der Waals surface area contributed by atoms with Crippen LogP contribution in [-0.4, -0.2) is 32.8 Å². The fraction of sp³-hybridized carbons (Fsp3) is 0.500. The van der Waals surface area contributed by atoms with E-state index in [1.165, 1.54) is 0 Å². The van der Waals surface area contributed by atoms with E-state index in [9.17, 15) is 0 Å². The lowest BCUT2D eigenvalue weighted by Gasteiger charge is -2.23. The Labute approximate surface area is 142 Å². The number of hydrogen-bond acceptors (Lipinski definition) is 5. The molecule has 0 aliphatic rings. The molecule has 0 amide bonds. The van der Waals surface area contributed by atoms with Crippen LogP contribution >= 0.6 is 11.3 Å². The van der Waals surface area contributed by atoms with Crippen LogP contribution < -0.4 is 14.8 Å². The van der Waals surface area contributed by atoms with Crippen molar-refractivity contribution in [3.05, 3.63) is 28.1 Å². The van der Waals surface area contributed by atoms with Crippen molar-refractivity contribution < 1.29 is 9.47 Å². The molecule has 0 bridgehead atoms. The third-order valence-electron chi connectivity index (χ3n) is 3.75. The summed E-state index contributed by atoms with van der Waals surface area (Å²) in [5, 5.41) is 6.36. The first kappa shape index (κ1) is 17.8. The summed E-state index contributed by atoms with van der Waals surface area (Å²) in [7, 11) is 5.36. The van der Waals surface area contributed by atoms with Crippen LogP contribution in [0.1, 0.15) is 31.3 Å². The van der Waals surface area contributed by atoms with Crippen molar-refractivity contribution >= 4 is 11.3 Å². The zero-order valence-corrected chi connectivity index (χ0v) is 15.6. The molecular formula is C18H26N2O2S. The number of thiazole rings is 1. The van der Waals surface area contributed by atoms with Gasteiger partial charge in [0.15, 0.2) is 0 Å². The molecule has 0 aliphatic carbocycles.